The fourth-order valence-corrected chi connectivity index (χ4v) is 0.647. The van der Waals surface area contributed by atoms with E-state index < -0.39 is 0 Å². The van der Waals surface area contributed by atoms with Gasteiger partial charge in [0.25, 0.3) is 0 Å². The molecule has 0 aliphatic heterocycles. The van der Waals surface area contributed by atoms with Crippen molar-refractivity contribution in [1.29, 1.82) is 0 Å². The average molecular weight is 167 g/mol. The molecule has 0 amide bonds. The highest BCUT2D eigenvalue weighted by Gasteiger charge is 2.11. The van der Waals surface area contributed by atoms with Crippen LogP contribution in [-0.4, -0.2) is 16.6 Å². The Hall–Kier alpha value is -1.38. The van der Waals surface area contributed by atoms with Crippen molar-refractivity contribution in [2.45, 2.75) is 20.8 Å². The van der Waals surface area contributed by atoms with E-state index in [1.54, 1.807) is 13.8 Å². The summed E-state index contributed by atoms with van der Waals surface area (Å²) in [4.78, 5) is 14.6. The van der Waals surface area contributed by atoms with Crippen LogP contribution in [0.25, 0.3) is 0 Å². The lowest BCUT2D eigenvalue weighted by Gasteiger charge is -2.01. The number of nitrogens with zero attached hydrogens (tertiary/aromatic N) is 1. The van der Waals surface area contributed by atoms with Gasteiger partial charge in [0, 0.05) is 13.1 Å². The van der Waals surface area contributed by atoms with Crippen LogP contribution in [0.3, 0.4) is 0 Å². The number of aliphatic hydroxyl groups excluding tert-OH is 1. The Balaban J connectivity index is 5.03. The minimum absolute atomic E-state index is 0.0602. The van der Waals surface area contributed by atoms with Gasteiger partial charge in [-0.25, -0.2) is 4.99 Å². The molecule has 0 saturated carbocycles. The number of carbonyl (C=O) groups is 1. The van der Waals surface area contributed by atoms with Gasteiger partial charge in [0.2, 0.25) is 0 Å². The van der Waals surface area contributed by atoms with Gasteiger partial charge in [0.05, 0.1) is 0 Å². The smallest absolute Gasteiger partial charge is 0.181 e. The van der Waals surface area contributed by atoms with E-state index in [4.69, 9.17) is 0 Å². The molecule has 0 aliphatic rings. The van der Waals surface area contributed by atoms with Crippen LogP contribution in [-0.2, 0) is 4.79 Å². The number of ketones is 1. The van der Waals surface area contributed by atoms with Gasteiger partial charge < -0.3 is 5.11 Å². The van der Waals surface area contributed by atoms with E-state index in [0.29, 0.717) is 5.57 Å². The van der Waals surface area contributed by atoms with Gasteiger partial charge in [0.15, 0.2) is 5.78 Å². The average Bonchev–Trinajstić information content (AvgIpc) is 1.98. The van der Waals surface area contributed by atoms with Crippen molar-refractivity contribution in [1.82, 2.24) is 0 Å². The number of rotatable bonds is 3. The van der Waals surface area contributed by atoms with Crippen LogP contribution in [0.2, 0.25) is 0 Å². The van der Waals surface area contributed by atoms with Crippen LogP contribution in [0, 0.1) is 0 Å². The molecule has 0 aromatic carbocycles. The highest BCUT2D eigenvalue weighted by Crippen LogP contribution is 2.03. The first-order valence-electron chi connectivity index (χ1n) is 3.57. The van der Waals surface area contributed by atoms with Crippen molar-refractivity contribution in [3.63, 3.8) is 0 Å². The minimum Gasteiger partial charge on any atom is -0.506 e. The van der Waals surface area contributed by atoms with E-state index in [0.717, 1.165) is 0 Å². The third kappa shape index (κ3) is 2.70. The standard InChI is InChI=1S/C9H13NO2/c1-5-10-8(7(4)11)9(12)6(2)3/h5,12H,1H2,2-4H3. The number of hydrogen-bond acceptors (Lipinski definition) is 3. The zero-order chi connectivity index (χ0) is 9.72. The molecule has 3 heteroatoms. The Bertz CT molecular complexity index is 258. The normalized spacial score (nSPS) is 10.8. The van der Waals surface area contributed by atoms with Crippen LogP contribution >= 0.6 is 0 Å². The summed E-state index contributed by atoms with van der Waals surface area (Å²) in [6.45, 7) is 8.11. The molecule has 0 saturated heterocycles. The number of Topliss-reactive ketones (excluding diaryl/α,β-unsaturated/α-hetero) is 1. The Morgan fingerprint density at radius 1 is 1.42 bits per heavy atom. The number of allylic oxidation sites excluding steroid dienone is 2. The SMILES string of the molecule is C=CN=C(C(C)=O)C(O)=C(C)C. The summed E-state index contributed by atoms with van der Waals surface area (Å²) < 4.78 is 0. The van der Waals surface area contributed by atoms with Gasteiger partial charge in [-0.1, -0.05) is 6.58 Å². The van der Waals surface area contributed by atoms with Crippen molar-refractivity contribution >= 4 is 11.5 Å². The molecule has 0 radical (unpaired) electrons. The monoisotopic (exact) mass is 167 g/mol. The maximum absolute atomic E-state index is 10.9. The predicted octanol–water partition coefficient (Wildman–Crippen LogP) is 2.01. The second-order valence-corrected chi connectivity index (χ2v) is 2.57. The summed E-state index contributed by atoms with van der Waals surface area (Å²) in [5.41, 5.74) is 0.718. The summed E-state index contributed by atoms with van der Waals surface area (Å²) >= 11 is 0. The minimum atomic E-state index is -0.270. The second-order valence-electron chi connectivity index (χ2n) is 2.57. The first-order valence-corrected chi connectivity index (χ1v) is 3.57. The Morgan fingerprint density at radius 3 is 2.17 bits per heavy atom. The summed E-state index contributed by atoms with van der Waals surface area (Å²) in [7, 11) is 0. The first kappa shape index (κ1) is 10.6. The molecule has 0 heterocycles. The van der Waals surface area contributed by atoms with Crippen molar-refractivity contribution in [3.8, 4) is 0 Å². The van der Waals surface area contributed by atoms with Crippen molar-refractivity contribution in [2.24, 2.45) is 4.99 Å². The fourth-order valence-electron chi connectivity index (χ4n) is 0.647. The molecular formula is C9H13NO2. The number of aliphatic imine (C=N–C) groups is 1. The first-order chi connectivity index (χ1) is 5.50. The van der Waals surface area contributed by atoms with Crippen LogP contribution in [0.15, 0.2) is 29.1 Å². The number of carbonyl (C=O) groups excluding carboxylic acids is 1. The van der Waals surface area contributed by atoms with E-state index in [2.05, 4.69) is 11.6 Å². The van der Waals surface area contributed by atoms with Crippen molar-refractivity contribution in [2.75, 3.05) is 0 Å². The van der Waals surface area contributed by atoms with Crippen LogP contribution in [0.1, 0.15) is 20.8 Å². The van der Waals surface area contributed by atoms with Crippen LogP contribution < -0.4 is 0 Å². The molecule has 0 spiro atoms. The van der Waals surface area contributed by atoms with Crippen molar-refractivity contribution in [3.05, 3.63) is 24.1 Å². The van der Waals surface area contributed by atoms with Crippen molar-refractivity contribution < 1.29 is 9.90 Å². The number of hydrogen-bond donors (Lipinski definition) is 1. The molecule has 66 valence electrons. The molecule has 0 aromatic heterocycles. The quantitative estimate of drug-likeness (QED) is 0.516. The molecule has 0 fully saturated rings. The van der Waals surface area contributed by atoms with Gasteiger partial charge in [-0.2, -0.15) is 0 Å². The summed E-state index contributed by atoms with van der Waals surface area (Å²) in [5, 5.41) is 9.37. The van der Waals surface area contributed by atoms with E-state index in [-0.39, 0.29) is 17.3 Å². The van der Waals surface area contributed by atoms with Gasteiger partial charge >= 0.3 is 0 Å². The highest BCUT2D eigenvalue weighted by molar-refractivity contribution is 6.44. The molecule has 0 aromatic rings. The Morgan fingerprint density at radius 2 is 1.92 bits per heavy atom. The molecule has 1 N–H and O–H groups in total. The fraction of sp³-hybridized carbons (Fsp3) is 0.333. The lowest BCUT2D eigenvalue weighted by atomic mass is 10.1. The topological polar surface area (TPSA) is 49.7 Å². The molecular weight excluding hydrogens is 154 g/mol. The zero-order valence-corrected chi connectivity index (χ0v) is 7.59. The molecule has 0 aliphatic carbocycles. The molecule has 0 unspecified atom stereocenters. The maximum Gasteiger partial charge on any atom is 0.181 e. The second kappa shape index (κ2) is 4.49. The lowest BCUT2D eigenvalue weighted by Crippen LogP contribution is -2.13. The van der Waals surface area contributed by atoms with Gasteiger partial charge in [-0.3, -0.25) is 4.79 Å². The van der Waals surface area contributed by atoms with E-state index in [9.17, 15) is 9.90 Å². The van der Waals surface area contributed by atoms with E-state index >= 15 is 0 Å². The van der Waals surface area contributed by atoms with Crippen LogP contribution in [0.5, 0.6) is 0 Å². The summed E-state index contributed by atoms with van der Waals surface area (Å²) in [5.74, 6) is -0.337. The molecule has 0 rings (SSSR count). The molecule has 3 nitrogen and oxygen atoms in total. The molecule has 12 heavy (non-hydrogen) atoms. The third-order valence-corrected chi connectivity index (χ3v) is 1.25. The van der Waals surface area contributed by atoms with Gasteiger partial charge in [0.1, 0.15) is 11.5 Å². The van der Waals surface area contributed by atoms with Crippen LogP contribution in [0.4, 0.5) is 0 Å². The third-order valence-electron chi connectivity index (χ3n) is 1.25. The summed E-state index contributed by atoms with van der Waals surface area (Å²) in [6, 6.07) is 0. The zero-order valence-electron chi connectivity index (χ0n) is 7.59. The van der Waals surface area contributed by atoms with Gasteiger partial charge in [-0.15, -0.1) is 0 Å². The predicted molar refractivity (Wildman–Crippen MR) is 49.3 cm³/mol. The largest absolute Gasteiger partial charge is 0.506 e. The molecule has 0 atom stereocenters. The van der Waals surface area contributed by atoms with Gasteiger partial charge in [-0.05, 0) is 19.4 Å². The van der Waals surface area contributed by atoms with E-state index in [1.807, 2.05) is 0 Å². The molecule has 0 bridgehead atoms. The summed E-state index contributed by atoms with van der Waals surface area (Å²) in [6.07, 6.45) is 1.23. The Kier molecular flexibility index (Phi) is 3.97. The lowest BCUT2D eigenvalue weighted by molar-refractivity contribution is -0.111. The highest BCUT2D eigenvalue weighted by atomic mass is 16.3. The maximum atomic E-state index is 10.9. The van der Waals surface area contributed by atoms with E-state index in [1.165, 1.54) is 13.1 Å². The number of aliphatic hydroxyl groups is 1. The Labute approximate surface area is 72.1 Å².